The average Bonchev–Trinajstić information content (AvgIpc) is 2.41. The summed E-state index contributed by atoms with van der Waals surface area (Å²) in [7, 11) is 0. The van der Waals surface area contributed by atoms with Crippen LogP contribution in [-0.4, -0.2) is 12.6 Å². The van der Waals surface area contributed by atoms with Gasteiger partial charge in [0.15, 0.2) is 0 Å². The second kappa shape index (κ2) is 6.76. The van der Waals surface area contributed by atoms with E-state index in [0.717, 1.165) is 10.4 Å². The number of aryl methyl sites for hydroxylation is 1. The zero-order valence-corrected chi connectivity index (χ0v) is 13.5. The summed E-state index contributed by atoms with van der Waals surface area (Å²) in [6.07, 6.45) is 5.30. The maximum atomic E-state index is 6.00. The molecule has 0 aromatic heterocycles. The molecule has 1 atom stereocenters. The molecule has 0 spiro atoms. The van der Waals surface area contributed by atoms with E-state index < -0.39 is 0 Å². The summed E-state index contributed by atoms with van der Waals surface area (Å²) < 4.78 is 1.13. The lowest BCUT2D eigenvalue weighted by Crippen LogP contribution is -2.38. The van der Waals surface area contributed by atoms with Crippen molar-refractivity contribution in [3.63, 3.8) is 0 Å². The molecule has 0 bridgehead atoms. The van der Waals surface area contributed by atoms with E-state index in [4.69, 9.17) is 5.73 Å². The van der Waals surface area contributed by atoms with Crippen LogP contribution in [-0.2, 0) is 0 Å². The van der Waals surface area contributed by atoms with E-state index in [0.29, 0.717) is 18.5 Å². The van der Waals surface area contributed by atoms with Gasteiger partial charge in [0.05, 0.1) is 0 Å². The standard InChI is InChI=1S/C16H25BrN2/c1-11-3-6-13(7-4-11)16(10-18)19-15-9-12(2)5-8-14(15)17/h5,8-9,11,13,16,19H,3-4,6-7,10,18H2,1-2H3. The van der Waals surface area contributed by atoms with Crippen LogP contribution >= 0.6 is 15.9 Å². The van der Waals surface area contributed by atoms with Crippen LogP contribution in [0.1, 0.15) is 38.2 Å². The summed E-state index contributed by atoms with van der Waals surface area (Å²) >= 11 is 3.62. The van der Waals surface area contributed by atoms with Gasteiger partial charge in [-0.05, 0) is 65.2 Å². The molecule has 0 heterocycles. The van der Waals surface area contributed by atoms with Gasteiger partial charge in [-0.3, -0.25) is 0 Å². The summed E-state index contributed by atoms with van der Waals surface area (Å²) in [6, 6.07) is 6.81. The molecule has 19 heavy (non-hydrogen) atoms. The van der Waals surface area contributed by atoms with Gasteiger partial charge in [0.2, 0.25) is 0 Å². The van der Waals surface area contributed by atoms with Crippen molar-refractivity contribution >= 4 is 21.6 Å². The number of benzene rings is 1. The zero-order valence-electron chi connectivity index (χ0n) is 12.0. The maximum Gasteiger partial charge on any atom is 0.0489 e. The largest absolute Gasteiger partial charge is 0.380 e. The third-order valence-electron chi connectivity index (χ3n) is 4.35. The van der Waals surface area contributed by atoms with Gasteiger partial charge in [-0.15, -0.1) is 0 Å². The minimum absolute atomic E-state index is 0.394. The van der Waals surface area contributed by atoms with Crippen molar-refractivity contribution in [2.75, 3.05) is 11.9 Å². The van der Waals surface area contributed by atoms with Gasteiger partial charge in [-0.25, -0.2) is 0 Å². The molecule has 1 unspecified atom stereocenters. The number of rotatable bonds is 4. The molecule has 1 aromatic rings. The van der Waals surface area contributed by atoms with Gasteiger partial charge in [0.25, 0.3) is 0 Å². The van der Waals surface area contributed by atoms with E-state index in [-0.39, 0.29) is 0 Å². The predicted octanol–water partition coefficient (Wildman–Crippen LogP) is 4.32. The highest BCUT2D eigenvalue weighted by Crippen LogP contribution is 2.32. The Labute approximate surface area is 125 Å². The van der Waals surface area contributed by atoms with Crippen LogP contribution in [0.2, 0.25) is 0 Å². The fourth-order valence-electron chi connectivity index (χ4n) is 3.01. The number of hydrogen-bond acceptors (Lipinski definition) is 2. The van der Waals surface area contributed by atoms with E-state index in [1.807, 2.05) is 0 Å². The summed E-state index contributed by atoms with van der Waals surface area (Å²) in [6.45, 7) is 5.19. The number of hydrogen-bond donors (Lipinski definition) is 2. The van der Waals surface area contributed by atoms with Crippen LogP contribution in [0.5, 0.6) is 0 Å². The molecule has 2 nitrogen and oxygen atoms in total. The van der Waals surface area contributed by atoms with E-state index in [1.165, 1.54) is 36.9 Å². The molecule has 3 heteroatoms. The van der Waals surface area contributed by atoms with Gasteiger partial charge in [0.1, 0.15) is 0 Å². The van der Waals surface area contributed by atoms with Crippen molar-refractivity contribution in [1.29, 1.82) is 0 Å². The van der Waals surface area contributed by atoms with Gasteiger partial charge in [-0.2, -0.15) is 0 Å². The average molecular weight is 325 g/mol. The Morgan fingerprint density at radius 3 is 2.63 bits per heavy atom. The summed E-state index contributed by atoms with van der Waals surface area (Å²) in [5.74, 6) is 1.61. The maximum absolute atomic E-state index is 6.00. The molecule has 1 aliphatic carbocycles. The molecule has 3 N–H and O–H groups in total. The highest BCUT2D eigenvalue weighted by Gasteiger charge is 2.25. The van der Waals surface area contributed by atoms with Crippen LogP contribution in [0.3, 0.4) is 0 Å². The number of nitrogens with two attached hydrogens (primary N) is 1. The van der Waals surface area contributed by atoms with Crippen molar-refractivity contribution in [1.82, 2.24) is 0 Å². The molecule has 0 aliphatic heterocycles. The molecular formula is C16H25BrN2. The molecule has 1 saturated carbocycles. The Morgan fingerprint density at radius 1 is 1.32 bits per heavy atom. The molecule has 106 valence electrons. The second-order valence-corrected chi connectivity index (χ2v) is 6.84. The first kappa shape index (κ1) is 14.9. The van der Waals surface area contributed by atoms with Crippen molar-refractivity contribution in [3.8, 4) is 0 Å². The number of anilines is 1. The molecule has 1 aromatic carbocycles. The van der Waals surface area contributed by atoms with E-state index in [2.05, 4.69) is 53.3 Å². The lowest BCUT2D eigenvalue weighted by Gasteiger charge is -2.33. The Kier molecular flexibility index (Phi) is 5.28. The molecule has 1 fully saturated rings. The van der Waals surface area contributed by atoms with Crippen LogP contribution in [0.15, 0.2) is 22.7 Å². The van der Waals surface area contributed by atoms with Crippen LogP contribution in [0.4, 0.5) is 5.69 Å². The lowest BCUT2D eigenvalue weighted by atomic mass is 9.79. The molecule has 0 radical (unpaired) electrons. The molecule has 0 saturated heterocycles. The minimum Gasteiger partial charge on any atom is -0.380 e. The highest BCUT2D eigenvalue weighted by molar-refractivity contribution is 9.10. The van der Waals surface area contributed by atoms with E-state index >= 15 is 0 Å². The predicted molar refractivity (Wildman–Crippen MR) is 86.5 cm³/mol. The van der Waals surface area contributed by atoms with E-state index in [9.17, 15) is 0 Å². The molecular weight excluding hydrogens is 300 g/mol. The Balaban J connectivity index is 2.04. The monoisotopic (exact) mass is 324 g/mol. The number of halogens is 1. The summed E-state index contributed by atoms with van der Waals surface area (Å²) in [5, 5.41) is 3.65. The zero-order chi connectivity index (χ0) is 13.8. The van der Waals surface area contributed by atoms with Crippen molar-refractivity contribution < 1.29 is 0 Å². The fourth-order valence-corrected chi connectivity index (χ4v) is 3.37. The Hall–Kier alpha value is -0.540. The highest BCUT2D eigenvalue weighted by atomic mass is 79.9. The fraction of sp³-hybridized carbons (Fsp3) is 0.625. The molecule has 0 amide bonds. The third-order valence-corrected chi connectivity index (χ3v) is 5.04. The first-order valence-electron chi connectivity index (χ1n) is 7.33. The smallest absolute Gasteiger partial charge is 0.0489 e. The SMILES string of the molecule is Cc1ccc(Br)c(NC(CN)C2CCC(C)CC2)c1. The minimum atomic E-state index is 0.394. The van der Waals surface area contributed by atoms with Crippen LogP contribution < -0.4 is 11.1 Å². The lowest BCUT2D eigenvalue weighted by molar-refractivity contribution is 0.265. The van der Waals surface area contributed by atoms with Crippen molar-refractivity contribution in [2.45, 2.75) is 45.6 Å². The Morgan fingerprint density at radius 2 is 2.00 bits per heavy atom. The van der Waals surface area contributed by atoms with Crippen molar-refractivity contribution in [2.24, 2.45) is 17.6 Å². The van der Waals surface area contributed by atoms with Gasteiger partial charge in [0, 0.05) is 22.7 Å². The molecule has 1 aliphatic rings. The van der Waals surface area contributed by atoms with Gasteiger partial charge >= 0.3 is 0 Å². The first-order valence-corrected chi connectivity index (χ1v) is 8.12. The van der Waals surface area contributed by atoms with Gasteiger partial charge in [-0.1, -0.05) is 25.8 Å². The van der Waals surface area contributed by atoms with Gasteiger partial charge < -0.3 is 11.1 Å². The third kappa shape index (κ3) is 3.96. The first-order chi connectivity index (χ1) is 9.10. The topological polar surface area (TPSA) is 38.0 Å². The Bertz CT molecular complexity index is 411. The van der Waals surface area contributed by atoms with Crippen LogP contribution in [0.25, 0.3) is 0 Å². The number of nitrogens with one attached hydrogen (secondary N) is 1. The summed E-state index contributed by atoms with van der Waals surface area (Å²) in [5.41, 5.74) is 8.45. The van der Waals surface area contributed by atoms with E-state index in [1.54, 1.807) is 0 Å². The second-order valence-electron chi connectivity index (χ2n) is 5.99. The van der Waals surface area contributed by atoms with Crippen molar-refractivity contribution in [3.05, 3.63) is 28.2 Å². The quantitative estimate of drug-likeness (QED) is 0.865. The summed E-state index contributed by atoms with van der Waals surface area (Å²) in [4.78, 5) is 0. The molecule has 2 rings (SSSR count). The van der Waals surface area contributed by atoms with Crippen LogP contribution in [0, 0.1) is 18.8 Å². The normalized spacial score (nSPS) is 25.1.